The van der Waals surface area contributed by atoms with Gasteiger partial charge >= 0.3 is 0 Å². The fourth-order valence-electron chi connectivity index (χ4n) is 1.53. The number of nitriles is 1. The van der Waals surface area contributed by atoms with E-state index < -0.39 is 20.7 Å². The number of aryl methyl sites for hydroxylation is 1. The molecule has 0 aliphatic heterocycles. The first kappa shape index (κ1) is 14.3. The Labute approximate surface area is 119 Å². The monoisotopic (exact) mass is 311 g/mol. The highest BCUT2D eigenvalue weighted by molar-refractivity contribution is 7.93. The maximum atomic E-state index is 13.8. The molecular formula is C12H10FN3O2S2. The minimum absolute atomic E-state index is 0.144. The molecule has 1 aromatic heterocycles. The zero-order valence-corrected chi connectivity index (χ0v) is 12.0. The van der Waals surface area contributed by atoms with Crippen LogP contribution in [0.25, 0.3) is 0 Å². The van der Waals surface area contributed by atoms with E-state index in [2.05, 4.69) is 4.72 Å². The molecule has 2 rings (SSSR count). The second kappa shape index (κ2) is 5.11. The molecular weight excluding hydrogens is 301 g/mol. The van der Waals surface area contributed by atoms with Crippen molar-refractivity contribution >= 4 is 32.0 Å². The molecule has 2 aromatic rings. The Morgan fingerprint density at radius 2 is 2.15 bits per heavy atom. The van der Waals surface area contributed by atoms with Crippen molar-refractivity contribution in [2.45, 2.75) is 11.8 Å². The Bertz CT molecular complexity index is 807. The third-order valence-electron chi connectivity index (χ3n) is 2.62. The number of nitrogens with two attached hydrogens (primary N) is 1. The lowest BCUT2D eigenvalue weighted by Gasteiger charge is -2.09. The summed E-state index contributed by atoms with van der Waals surface area (Å²) in [7, 11) is -4.13. The van der Waals surface area contributed by atoms with Crippen LogP contribution in [0.1, 0.15) is 11.1 Å². The van der Waals surface area contributed by atoms with Crippen molar-refractivity contribution in [3.8, 4) is 6.07 Å². The molecule has 104 valence electrons. The van der Waals surface area contributed by atoms with Gasteiger partial charge in [-0.25, -0.2) is 12.8 Å². The van der Waals surface area contributed by atoms with Gasteiger partial charge in [0.05, 0.1) is 5.56 Å². The molecule has 0 saturated heterocycles. The molecule has 5 nitrogen and oxygen atoms in total. The van der Waals surface area contributed by atoms with Crippen molar-refractivity contribution in [3.63, 3.8) is 0 Å². The van der Waals surface area contributed by atoms with Crippen molar-refractivity contribution in [1.29, 1.82) is 5.26 Å². The molecule has 0 amide bonds. The first-order valence-electron chi connectivity index (χ1n) is 5.41. The van der Waals surface area contributed by atoms with Crippen molar-refractivity contribution in [1.82, 2.24) is 0 Å². The Balaban J connectivity index is 2.47. The van der Waals surface area contributed by atoms with E-state index in [1.165, 1.54) is 6.07 Å². The second-order valence-electron chi connectivity index (χ2n) is 4.02. The summed E-state index contributed by atoms with van der Waals surface area (Å²) in [5, 5.41) is 10.5. The lowest BCUT2D eigenvalue weighted by atomic mass is 10.2. The van der Waals surface area contributed by atoms with E-state index in [0.29, 0.717) is 5.56 Å². The Morgan fingerprint density at radius 3 is 2.80 bits per heavy atom. The van der Waals surface area contributed by atoms with Crippen LogP contribution in [0.4, 0.5) is 15.1 Å². The highest BCUT2D eigenvalue weighted by Gasteiger charge is 2.22. The van der Waals surface area contributed by atoms with E-state index in [4.69, 9.17) is 11.0 Å². The van der Waals surface area contributed by atoms with Gasteiger partial charge < -0.3 is 5.73 Å². The quantitative estimate of drug-likeness (QED) is 0.851. The molecule has 0 aliphatic rings. The molecule has 0 radical (unpaired) electrons. The lowest BCUT2D eigenvalue weighted by Crippen LogP contribution is -2.15. The van der Waals surface area contributed by atoms with Gasteiger partial charge in [-0.2, -0.15) is 5.26 Å². The maximum Gasteiger partial charge on any atom is 0.265 e. The molecule has 8 heteroatoms. The number of nitrogen functional groups attached to an aromatic ring is 1. The summed E-state index contributed by atoms with van der Waals surface area (Å²) in [5.74, 6) is -0.890. The summed E-state index contributed by atoms with van der Waals surface area (Å²) in [6.45, 7) is 1.58. The first-order chi connectivity index (χ1) is 9.35. The van der Waals surface area contributed by atoms with Crippen LogP contribution in [0.3, 0.4) is 0 Å². The average molecular weight is 311 g/mol. The summed E-state index contributed by atoms with van der Waals surface area (Å²) in [6, 6.07) is 5.45. The number of hydrogen-bond acceptors (Lipinski definition) is 5. The largest absolute Gasteiger partial charge is 0.398 e. The zero-order valence-electron chi connectivity index (χ0n) is 10.3. The van der Waals surface area contributed by atoms with Gasteiger partial charge in [-0.3, -0.25) is 4.72 Å². The Morgan fingerprint density at radius 1 is 1.45 bits per heavy atom. The number of sulfonamides is 1. The topological polar surface area (TPSA) is 96.0 Å². The van der Waals surface area contributed by atoms with Gasteiger partial charge in [0.2, 0.25) is 0 Å². The van der Waals surface area contributed by atoms with E-state index in [-0.39, 0.29) is 16.3 Å². The molecule has 0 unspecified atom stereocenters. The van der Waals surface area contributed by atoms with Crippen LogP contribution in [-0.4, -0.2) is 8.42 Å². The fourth-order valence-corrected chi connectivity index (χ4v) is 3.69. The van der Waals surface area contributed by atoms with Crippen LogP contribution >= 0.6 is 11.3 Å². The van der Waals surface area contributed by atoms with Gasteiger partial charge in [0.15, 0.2) is 0 Å². The molecule has 1 aromatic carbocycles. The fraction of sp³-hybridized carbons (Fsp3) is 0.0833. The number of rotatable bonds is 3. The third-order valence-corrected chi connectivity index (χ3v) is 4.95. The number of nitrogens with zero attached hydrogens (tertiary/aromatic N) is 1. The summed E-state index contributed by atoms with van der Waals surface area (Å²) >= 11 is 1.04. The Kier molecular flexibility index (Phi) is 3.65. The van der Waals surface area contributed by atoms with E-state index in [0.717, 1.165) is 23.5 Å². The van der Waals surface area contributed by atoms with Crippen molar-refractivity contribution in [2.24, 2.45) is 0 Å². The third kappa shape index (κ3) is 2.59. The van der Waals surface area contributed by atoms with Crippen molar-refractivity contribution in [3.05, 3.63) is 40.5 Å². The molecule has 0 aliphatic carbocycles. The Hall–Kier alpha value is -2.11. The molecule has 20 heavy (non-hydrogen) atoms. The van der Waals surface area contributed by atoms with Gasteiger partial charge in [0, 0.05) is 5.69 Å². The van der Waals surface area contributed by atoms with E-state index >= 15 is 0 Å². The summed E-state index contributed by atoms with van der Waals surface area (Å²) in [4.78, 5) is -0.544. The highest BCUT2D eigenvalue weighted by atomic mass is 32.2. The molecule has 0 bridgehead atoms. The van der Waals surface area contributed by atoms with Crippen LogP contribution in [0.5, 0.6) is 0 Å². The van der Waals surface area contributed by atoms with Gasteiger partial charge in [0.1, 0.15) is 21.8 Å². The predicted molar refractivity (Wildman–Crippen MR) is 75.4 cm³/mol. The average Bonchev–Trinajstić information content (AvgIpc) is 2.80. The molecule has 0 atom stereocenters. The van der Waals surface area contributed by atoms with Crippen LogP contribution in [0.15, 0.2) is 28.5 Å². The normalized spacial score (nSPS) is 11.1. The highest BCUT2D eigenvalue weighted by Crippen LogP contribution is 2.28. The predicted octanol–water partition coefficient (Wildman–Crippen LogP) is 2.45. The molecule has 0 spiro atoms. The van der Waals surface area contributed by atoms with Crippen LogP contribution in [0.2, 0.25) is 0 Å². The van der Waals surface area contributed by atoms with Crippen LogP contribution < -0.4 is 10.5 Å². The van der Waals surface area contributed by atoms with E-state index in [1.54, 1.807) is 12.3 Å². The molecule has 3 N–H and O–H groups in total. The summed E-state index contributed by atoms with van der Waals surface area (Å²) in [6.07, 6.45) is 0. The zero-order chi connectivity index (χ0) is 14.9. The molecule has 1 heterocycles. The number of hydrogen-bond donors (Lipinski definition) is 2. The lowest BCUT2D eigenvalue weighted by molar-refractivity contribution is 0.570. The molecule has 0 fully saturated rings. The van der Waals surface area contributed by atoms with Gasteiger partial charge in [-0.05, 0) is 36.1 Å². The van der Waals surface area contributed by atoms with Crippen LogP contribution in [0, 0.1) is 24.1 Å². The summed E-state index contributed by atoms with van der Waals surface area (Å²) in [5.41, 5.74) is 6.42. The number of anilines is 2. The number of nitrogens with one attached hydrogen (secondary N) is 1. The second-order valence-corrected chi connectivity index (χ2v) is 6.59. The van der Waals surface area contributed by atoms with Gasteiger partial charge in [-0.1, -0.05) is 0 Å². The maximum absolute atomic E-state index is 13.8. The number of benzene rings is 1. The number of thiophene rings is 1. The van der Waals surface area contributed by atoms with E-state index in [9.17, 15) is 12.8 Å². The smallest absolute Gasteiger partial charge is 0.265 e. The van der Waals surface area contributed by atoms with Crippen molar-refractivity contribution in [2.75, 3.05) is 10.5 Å². The number of halogens is 1. The molecule has 0 saturated carbocycles. The van der Waals surface area contributed by atoms with Gasteiger partial charge in [0.25, 0.3) is 10.0 Å². The minimum Gasteiger partial charge on any atom is -0.398 e. The summed E-state index contributed by atoms with van der Waals surface area (Å²) < 4.78 is 40.3. The van der Waals surface area contributed by atoms with E-state index in [1.807, 2.05) is 6.07 Å². The van der Waals surface area contributed by atoms with Crippen LogP contribution in [-0.2, 0) is 10.0 Å². The SMILES string of the molecule is Cc1cc(F)c(S(=O)(=O)Nc2sccc2C#N)cc1N. The van der Waals surface area contributed by atoms with Crippen molar-refractivity contribution < 1.29 is 12.8 Å². The first-order valence-corrected chi connectivity index (χ1v) is 7.77. The van der Waals surface area contributed by atoms with Gasteiger partial charge in [-0.15, -0.1) is 11.3 Å². The minimum atomic E-state index is -4.13. The standard InChI is InChI=1S/C12H10FN3O2S2/c1-7-4-9(13)11(5-10(7)15)20(17,18)16-12-8(6-14)2-3-19-12/h2-5,16H,15H2,1H3.